The molecule has 0 aromatic heterocycles. The minimum atomic E-state index is -0.954. The quantitative estimate of drug-likeness (QED) is 0.720. The van der Waals surface area contributed by atoms with Crippen molar-refractivity contribution in [3.05, 3.63) is 71.8 Å². The molecule has 3 nitrogen and oxygen atoms in total. The molecule has 0 spiro atoms. The van der Waals surface area contributed by atoms with E-state index in [4.69, 9.17) is 14.5 Å². The van der Waals surface area contributed by atoms with Gasteiger partial charge in [-0.3, -0.25) is 0 Å². The van der Waals surface area contributed by atoms with Crippen molar-refractivity contribution >= 4 is 11.8 Å². The molecule has 0 unspecified atom stereocenters. The van der Waals surface area contributed by atoms with Gasteiger partial charge in [-0.1, -0.05) is 60.7 Å². The van der Waals surface area contributed by atoms with E-state index in [0.717, 1.165) is 11.1 Å². The first-order chi connectivity index (χ1) is 11.3. The third-order valence-corrected chi connectivity index (χ3v) is 6.53. The third-order valence-electron chi connectivity index (χ3n) is 4.97. The summed E-state index contributed by atoms with van der Waals surface area (Å²) in [5.74, 6) is -1.91. The van der Waals surface area contributed by atoms with E-state index < -0.39 is 11.6 Å². The Balaban J connectivity index is 1.91. The van der Waals surface area contributed by atoms with Gasteiger partial charge in [0.05, 0.1) is 9.49 Å². The fourth-order valence-corrected chi connectivity index (χ4v) is 5.73. The number of ether oxygens (including phenoxy) is 1. The second-order valence-corrected chi connectivity index (χ2v) is 9.60. The minimum Gasteiger partial charge on any atom is -0.301 e. The minimum absolute atomic E-state index is 0.327. The van der Waals surface area contributed by atoms with E-state index in [9.17, 15) is 0 Å². The highest BCUT2D eigenvalue weighted by atomic mass is 32.2. The summed E-state index contributed by atoms with van der Waals surface area (Å²) >= 11 is 1.84. The van der Waals surface area contributed by atoms with E-state index in [-0.39, 0.29) is 9.49 Å². The molecule has 0 aliphatic carbocycles. The highest BCUT2D eigenvalue weighted by Gasteiger charge is 2.73. The number of hydrogen-bond acceptors (Lipinski definition) is 4. The van der Waals surface area contributed by atoms with Crippen LogP contribution in [0.2, 0.25) is 0 Å². The van der Waals surface area contributed by atoms with E-state index in [2.05, 4.69) is 27.7 Å². The van der Waals surface area contributed by atoms with Crippen molar-refractivity contribution in [2.24, 2.45) is 0 Å². The van der Waals surface area contributed by atoms with E-state index >= 15 is 0 Å². The third kappa shape index (κ3) is 1.97. The Morgan fingerprint density at radius 1 is 0.625 bits per heavy atom. The number of benzene rings is 2. The van der Waals surface area contributed by atoms with Crippen molar-refractivity contribution in [1.29, 1.82) is 0 Å². The van der Waals surface area contributed by atoms with Crippen LogP contribution in [0.15, 0.2) is 60.7 Å². The Kier molecular flexibility index (Phi) is 3.42. The Morgan fingerprint density at radius 3 is 1.38 bits per heavy atom. The van der Waals surface area contributed by atoms with E-state index in [1.165, 1.54) is 0 Å². The number of hydrogen-bond donors (Lipinski definition) is 0. The lowest BCUT2D eigenvalue weighted by molar-refractivity contribution is -0.362. The lowest BCUT2D eigenvalue weighted by Gasteiger charge is -2.52. The van der Waals surface area contributed by atoms with Crippen LogP contribution in [0, 0.1) is 0 Å². The molecule has 2 aliphatic rings. The summed E-state index contributed by atoms with van der Waals surface area (Å²) in [5.41, 5.74) is 1.94. The number of thioether (sulfide) groups is 1. The molecule has 24 heavy (non-hydrogen) atoms. The lowest BCUT2D eigenvalue weighted by Crippen LogP contribution is -2.59. The molecule has 126 valence electrons. The van der Waals surface area contributed by atoms with Crippen LogP contribution in [0.5, 0.6) is 0 Å². The van der Waals surface area contributed by atoms with Crippen molar-refractivity contribution in [2.75, 3.05) is 0 Å². The molecule has 2 bridgehead atoms. The zero-order valence-corrected chi connectivity index (χ0v) is 15.2. The van der Waals surface area contributed by atoms with E-state index in [0.29, 0.717) is 0 Å². The predicted octanol–water partition coefficient (Wildman–Crippen LogP) is 4.97. The summed E-state index contributed by atoms with van der Waals surface area (Å²) < 4.78 is 6.06. The molecule has 0 N–H and O–H groups in total. The van der Waals surface area contributed by atoms with Crippen molar-refractivity contribution < 1.29 is 14.5 Å². The van der Waals surface area contributed by atoms with Crippen LogP contribution in [0.4, 0.5) is 0 Å². The standard InChI is InChI=1S/C20H22O3S/c1-17(2)19(15-11-7-5-8-12-15)21-20(23-22-19,18(3,4)24-17)16-13-9-6-10-14-16/h5-14H,1-4H3/t19-,20+. The van der Waals surface area contributed by atoms with Gasteiger partial charge >= 0.3 is 0 Å². The van der Waals surface area contributed by atoms with Crippen LogP contribution in [0.1, 0.15) is 38.8 Å². The predicted molar refractivity (Wildman–Crippen MR) is 95.2 cm³/mol. The van der Waals surface area contributed by atoms with Crippen LogP contribution in [0.3, 0.4) is 0 Å². The van der Waals surface area contributed by atoms with E-state index in [1.54, 1.807) is 0 Å². The molecule has 2 fully saturated rings. The summed E-state index contributed by atoms with van der Waals surface area (Å²) in [6.45, 7) is 8.60. The summed E-state index contributed by atoms with van der Waals surface area (Å²) in [6.07, 6.45) is 0. The van der Waals surface area contributed by atoms with Crippen LogP contribution in [-0.4, -0.2) is 9.49 Å². The van der Waals surface area contributed by atoms with Gasteiger partial charge in [0.15, 0.2) is 0 Å². The zero-order valence-electron chi connectivity index (χ0n) is 14.4. The van der Waals surface area contributed by atoms with Gasteiger partial charge in [-0.15, -0.1) is 11.8 Å². The van der Waals surface area contributed by atoms with Crippen molar-refractivity contribution in [1.82, 2.24) is 0 Å². The maximum absolute atomic E-state index is 6.71. The maximum atomic E-state index is 6.71. The van der Waals surface area contributed by atoms with Crippen molar-refractivity contribution in [3.8, 4) is 0 Å². The van der Waals surface area contributed by atoms with Gasteiger partial charge in [0.1, 0.15) is 0 Å². The molecule has 2 aliphatic heterocycles. The molecule has 2 aromatic rings. The van der Waals surface area contributed by atoms with E-state index in [1.807, 2.05) is 72.4 Å². The molecule has 2 saturated heterocycles. The maximum Gasteiger partial charge on any atom is 0.245 e. The molecule has 2 heterocycles. The summed E-state index contributed by atoms with van der Waals surface area (Å²) in [7, 11) is 0. The highest BCUT2D eigenvalue weighted by Crippen LogP contribution is 2.67. The Hall–Kier alpha value is -1.33. The average Bonchev–Trinajstić information content (AvgIpc) is 2.97. The first kappa shape index (κ1) is 16.2. The molecule has 0 saturated carbocycles. The smallest absolute Gasteiger partial charge is 0.245 e. The largest absolute Gasteiger partial charge is 0.301 e. The molecular formula is C20H22O3S. The highest BCUT2D eigenvalue weighted by molar-refractivity contribution is 8.02. The van der Waals surface area contributed by atoms with Gasteiger partial charge in [-0.05, 0) is 27.7 Å². The first-order valence-electron chi connectivity index (χ1n) is 8.21. The molecule has 2 atom stereocenters. The van der Waals surface area contributed by atoms with Gasteiger partial charge in [0, 0.05) is 11.1 Å². The lowest BCUT2D eigenvalue weighted by atomic mass is 9.88. The molecule has 0 amide bonds. The van der Waals surface area contributed by atoms with Crippen molar-refractivity contribution in [3.63, 3.8) is 0 Å². The van der Waals surface area contributed by atoms with Gasteiger partial charge in [-0.2, -0.15) is 9.78 Å². The fraction of sp³-hybridized carbons (Fsp3) is 0.400. The normalized spacial score (nSPS) is 33.3. The summed E-state index contributed by atoms with van der Waals surface area (Å²) in [4.78, 5) is 12.0. The van der Waals surface area contributed by atoms with Gasteiger partial charge < -0.3 is 4.74 Å². The average molecular weight is 342 g/mol. The summed E-state index contributed by atoms with van der Waals surface area (Å²) in [6, 6.07) is 20.1. The Bertz CT molecular complexity index is 680. The second kappa shape index (κ2) is 5.09. The van der Waals surface area contributed by atoms with Crippen LogP contribution in [0.25, 0.3) is 0 Å². The number of fused-ring (bicyclic) bond motifs is 2. The second-order valence-electron chi connectivity index (χ2n) is 7.36. The van der Waals surface area contributed by atoms with Crippen LogP contribution in [-0.2, 0) is 26.1 Å². The van der Waals surface area contributed by atoms with Crippen molar-refractivity contribution in [2.45, 2.75) is 48.8 Å². The first-order valence-corrected chi connectivity index (χ1v) is 9.03. The molecular weight excluding hydrogens is 320 g/mol. The SMILES string of the molecule is CC1(C)SC(C)(C)[C@]2(c3ccccc3)OO[C@@]1(c1ccccc1)O2. The topological polar surface area (TPSA) is 27.7 Å². The summed E-state index contributed by atoms with van der Waals surface area (Å²) in [5, 5.41) is 0. The molecule has 2 aromatic carbocycles. The Labute approximate surface area is 147 Å². The zero-order chi connectivity index (χ0) is 17.1. The van der Waals surface area contributed by atoms with Gasteiger partial charge in [-0.25, -0.2) is 0 Å². The molecule has 0 radical (unpaired) electrons. The number of rotatable bonds is 2. The molecule has 4 rings (SSSR count). The molecule has 4 heteroatoms. The van der Waals surface area contributed by atoms with Gasteiger partial charge in [0.2, 0.25) is 11.6 Å². The monoisotopic (exact) mass is 342 g/mol. The Morgan fingerprint density at radius 2 is 1.00 bits per heavy atom. The van der Waals surface area contributed by atoms with Crippen LogP contribution < -0.4 is 0 Å². The van der Waals surface area contributed by atoms with Gasteiger partial charge in [0.25, 0.3) is 0 Å². The fourth-order valence-electron chi connectivity index (χ4n) is 3.80. The van der Waals surface area contributed by atoms with Crippen LogP contribution >= 0.6 is 11.8 Å².